The van der Waals surface area contributed by atoms with Crippen molar-refractivity contribution in [2.24, 2.45) is 0 Å². The second-order valence-corrected chi connectivity index (χ2v) is 8.65. The highest BCUT2D eigenvalue weighted by Crippen LogP contribution is 2.32. The first-order valence-electron chi connectivity index (χ1n) is 8.56. The van der Waals surface area contributed by atoms with Gasteiger partial charge in [0.05, 0.1) is 22.0 Å². The molecular formula is C20H20N4O2S. The van der Waals surface area contributed by atoms with Gasteiger partial charge >= 0.3 is 0 Å². The van der Waals surface area contributed by atoms with Gasteiger partial charge in [-0.1, -0.05) is 29.8 Å². The number of benzene rings is 2. The van der Waals surface area contributed by atoms with Crippen molar-refractivity contribution in [1.29, 1.82) is 5.26 Å². The number of rotatable bonds is 5. The van der Waals surface area contributed by atoms with Crippen LogP contribution in [0.2, 0.25) is 0 Å². The molecule has 0 aliphatic carbocycles. The summed E-state index contributed by atoms with van der Waals surface area (Å²) in [6.45, 7) is 5.70. The van der Waals surface area contributed by atoms with E-state index in [4.69, 9.17) is 0 Å². The summed E-state index contributed by atoms with van der Waals surface area (Å²) in [7, 11) is -3.95. The van der Waals surface area contributed by atoms with E-state index in [1.165, 1.54) is 12.1 Å². The van der Waals surface area contributed by atoms with Crippen LogP contribution in [0.25, 0.3) is 11.0 Å². The third-order valence-corrected chi connectivity index (χ3v) is 5.93. The van der Waals surface area contributed by atoms with Gasteiger partial charge in [-0.2, -0.15) is 5.26 Å². The van der Waals surface area contributed by atoms with Gasteiger partial charge in [-0.05, 0) is 45.0 Å². The molecule has 27 heavy (non-hydrogen) atoms. The topological polar surface area (TPSA) is 95.7 Å². The highest BCUT2D eigenvalue weighted by atomic mass is 32.2. The molecule has 1 aromatic heterocycles. The predicted molar refractivity (Wildman–Crippen MR) is 105 cm³/mol. The number of nitriles is 1. The molecule has 6 nitrogen and oxygen atoms in total. The molecule has 1 N–H and O–H groups in total. The van der Waals surface area contributed by atoms with Crippen LogP contribution in [0.15, 0.2) is 53.4 Å². The largest absolute Gasteiger partial charge is 0.366 e. The molecule has 1 unspecified atom stereocenters. The fraction of sp³-hybridized carbons (Fsp3) is 0.250. The van der Waals surface area contributed by atoms with Crippen molar-refractivity contribution in [3.8, 4) is 6.07 Å². The Labute approximate surface area is 158 Å². The molecule has 0 bridgehead atoms. The molecular weight excluding hydrogens is 360 g/mol. The van der Waals surface area contributed by atoms with Gasteiger partial charge in [-0.25, -0.2) is 18.4 Å². The molecule has 0 saturated carbocycles. The molecule has 1 heterocycles. The van der Waals surface area contributed by atoms with Gasteiger partial charge in [0, 0.05) is 6.04 Å². The Morgan fingerprint density at radius 3 is 2.15 bits per heavy atom. The lowest BCUT2D eigenvalue weighted by atomic mass is 10.2. The molecule has 3 aromatic rings. The highest BCUT2D eigenvalue weighted by Gasteiger charge is 2.33. The Hall–Kier alpha value is -2.98. The van der Waals surface area contributed by atoms with Crippen molar-refractivity contribution in [2.45, 2.75) is 37.0 Å². The van der Waals surface area contributed by atoms with Crippen molar-refractivity contribution >= 4 is 26.7 Å². The van der Waals surface area contributed by atoms with Crippen LogP contribution in [-0.4, -0.2) is 24.4 Å². The number of aromatic nitrogens is 2. The fourth-order valence-electron chi connectivity index (χ4n) is 2.72. The third-order valence-electron chi connectivity index (χ3n) is 4.05. The van der Waals surface area contributed by atoms with Crippen molar-refractivity contribution in [2.75, 3.05) is 5.32 Å². The summed E-state index contributed by atoms with van der Waals surface area (Å²) in [5.41, 5.74) is 2.23. The molecule has 0 radical (unpaired) electrons. The minimum absolute atomic E-state index is 0.000587. The Kier molecular flexibility index (Phi) is 5.10. The van der Waals surface area contributed by atoms with Gasteiger partial charge in [-0.3, -0.25) is 0 Å². The minimum Gasteiger partial charge on any atom is -0.366 e. The molecule has 2 aromatic carbocycles. The fourth-order valence-corrected chi connectivity index (χ4v) is 4.10. The standard InChI is InChI=1S/C20H20N4O2S/c1-13(2)22-20-19(23-16-6-4-5-7-17(16)24-20)18(12-21)27(25,26)15-10-8-14(3)9-11-15/h4-11,13,18H,1-3H3,(H,22,24). The predicted octanol–water partition coefficient (Wildman–Crippen LogP) is 3.80. The Morgan fingerprint density at radius 1 is 1.00 bits per heavy atom. The number of aryl methyl sites for hydroxylation is 1. The first kappa shape index (κ1) is 18.8. The average Bonchev–Trinajstić information content (AvgIpc) is 2.62. The van der Waals surface area contributed by atoms with Crippen molar-refractivity contribution < 1.29 is 8.42 Å². The number of nitrogens with one attached hydrogen (secondary N) is 1. The van der Waals surface area contributed by atoms with Gasteiger partial charge in [-0.15, -0.1) is 0 Å². The first-order valence-corrected chi connectivity index (χ1v) is 10.1. The van der Waals surface area contributed by atoms with Crippen molar-refractivity contribution in [1.82, 2.24) is 9.97 Å². The Bertz CT molecular complexity index is 1120. The van der Waals surface area contributed by atoms with Crippen LogP contribution >= 0.6 is 0 Å². The van der Waals surface area contributed by atoms with E-state index in [-0.39, 0.29) is 16.6 Å². The zero-order valence-electron chi connectivity index (χ0n) is 15.3. The number of nitrogens with zero attached hydrogens (tertiary/aromatic N) is 3. The lowest BCUT2D eigenvalue weighted by Crippen LogP contribution is -2.20. The monoisotopic (exact) mass is 380 g/mol. The van der Waals surface area contributed by atoms with E-state index in [2.05, 4.69) is 15.3 Å². The minimum atomic E-state index is -3.95. The molecule has 0 fully saturated rings. The van der Waals surface area contributed by atoms with Crippen LogP contribution in [-0.2, 0) is 9.84 Å². The number of para-hydroxylation sites is 2. The summed E-state index contributed by atoms with van der Waals surface area (Å²) < 4.78 is 26.3. The number of fused-ring (bicyclic) bond motifs is 1. The summed E-state index contributed by atoms with van der Waals surface area (Å²) >= 11 is 0. The van der Waals surface area contributed by atoms with Gasteiger partial charge in [0.2, 0.25) is 9.84 Å². The lowest BCUT2D eigenvalue weighted by Gasteiger charge is -2.17. The van der Waals surface area contributed by atoms with E-state index in [0.29, 0.717) is 16.9 Å². The molecule has 0 aliphatic rings. The number of sulfone groups is 1. The van der Waals surface area contributed by atoms with Crippen LogP contribution in [0.4, 0.5) is 5.82 Å². The van der Waals surface area contributed by atoms with Gasteiger partial charge in [0.25, 0.3) is 0 Å². The maximum Gasteiger partial charge on any atom is 0.200 e. The summed E-state index contributed by atoms with van der Waals surface area (Å²) in [4.78, 5) is 9.09. The van der Waals surface area contributed by atoms with E-state index in [1.54, 1.807) is 30.3 Å². The third kappa shape index (κ3) is 3.76. The van der Waals surface area contributed by atoms with Gasteiger partial charge in [0.1, 0.15) is 5.69 Å². The lowest BCUT2D eigenvalue weighted by molar-refractivity contribution is 0.590. The highest BCUT2D eigenvalue weighted by molar-refractivity contribution is 7.92. The van der Waals surface area contributed by atoms with Crippen LogP contribution in [0, 0.1) is 18.3 Å². The summed E-state index contributed by atoms with van der Waals surface area (Å²) in [6, 6.07) is 15.5. The van der Waals surface area contributed by atoms with Crippen molar-refractivity contribution in [3.63, 3.8) is 0 Å². The quantitative estimate of drug-likeness (QED) is 0.723. The Balaban J connectivity index is 2.20. The molecule has 1 atom stereocenters. The molecule has 0 amide bonds. The van der Waals surface area contributed by atoms with E-state index in [0.717, 1.165) is 5.56 Å². The van der Waals surface area contributed by atoms with E-state index in [9.17, 15) is 13.7 Å². The maximum atomic E-state index is 13.1. The molecule has 3 rings (SSSR count). The molecule has 7 heteroatoms. The van der Waals surface area contributed by atoms with Gasteiger partial charge in [0.15, 0.2) is 11.1 Å². The average molecular weight is 380 g/mol. The zero-order chi connectivity index (χ0) is 19.6. The number of hydrogen-bond donors (Lipinski definition) is 1. The summed E-state index contributed by atoms with van der Waals surface area (Å²) in [6.07, 6.45) is 0. The smallest absolute Gasteiger partial charge is 0.200 e. The first-order chi connectivity index (χ1) is 12.8. The van der Waals surface area contributed by atoms with Crippen LogP contribution in [0.5, 0.6) is 0 Å². The summed E-state index contributed by atoms with van der Waals surface area (Å²) in [5, 5.41) is 11.4. The van der Waals surface area contributed by atoms with Crippen molar-refractivity contribution in [3.05, 3.63) is 59.8 Å². The maximum absolute atomic E-state index is 13.1. The molecule has 0 saturated heterocycles. The molecule has 0 spiro atoms. The van der Waals surface area contributed by atoms with E-state index in [1.807, 2.05) is 32.9 Å². The van der Waals surface area contributed by atoms with Crippen LogP contribution in [0.3, 0.4) is 0 Å². The second kappa shape index (κ2) is 7.33. The second-order valence-electron chi connectivity index (χ2n) is 6.61. The van der Waals surface area contributed by atoms with Crippen LogP contribution < -0.4 is 5.32 Å². The molecule has 138 valence electrons. The normalized spacial score (nSPS) is 12.7. The zero-order valence-corrected chi connectivity index (χ0v) is 16.2. The van der Waals surface area contributed by atoms with E-state index < -0.39 is 15.1 Å². The molecule has 0 aliphatic heterocycles. The SMILES string of the molecule is Cc1ccc(S(=O)(=O)C(C#N)c2nc3ccccc3nc2NC(C)C)cc1. The van der Waals surface area contributed by atoms with E-state index >= 15 is 0 Å². The van der Waals surface area contributed by atoms with Crippen LogP contribution in [0.1, 0.15) is 30.4 Å². The summed E-state index contributed by atoms with van der Waals surface area (Å²) in [5.74, 6) is 0.311. The Morgan fingerprint density at radius 2 is 1.59 bits per heavy atom. The number of hydrogen-bond acceptors (Lipinski definition) is 6. The number of anilines is 1. The van der Waals surface area contributed by atoms with Gasteiger partial charge < -0.3 is 5.32 Å².